The highest BCUT2D eigenvalue weighted by Crippen LogP contribution is 2.25. The smallest absolute Gasteiger partial charge is 0.406 e. The number of ether oxygens (including phenoxy) is 1. The second-order valence-corrected chi connectivity index (χ2v) is 8.17. The molecule has 2 aromatic heterocycles. The van der Waals surface area contributed by atoms with Crippen LogP contribution in [0.5, 0.6) is 5.75 Å². The first kappa shape index (κ1) is 22.5. The number of halogens is 3. The number of carbonyl (C=O) groups is 1. The fourth-order valence-corrected chi connectivity index (χ4v) is 3.99. The molecule has 2 aromatic carbocycles. The van der Waals surface area contributed by atoms with Gasteiger partial charge in [-0.3, -0.25) is 14.2 Å². The third kappa shape index (κ3) is 5.95. The Hall–Kier alpha value is -3.73. The number of para-hydroxylation sites is 1. The van der Waals surface area contributed by atoms with Gasteiger partial charge in [0, 0.05) is 30.5 Å². The highest BCUT2D eigenvalue weighted by atomic mass is 32.1. The fourth-order valence-electron chi connectivity index (χ4n) is 3.13. The van der Waals surface area contributed by atoms with Crippen LogP contribution in [0.15, 0.2) is 65.8 Å². The molecule has 33 heavy (non-hydrogen) atoms. The Balaban J connectivity index is 1.32. The van der Waals surface area contributed by atoms with E-state index in [-0.39, 0.29) is 30.2 Å². The summed E-state index contributed by atoms with van der Waals surface area (Å²) in [4.78, 5) is 34.0. The number of hydrogen-bond donors (Lipinski definition) is 1. The van der Waals surface area contributed by atoms with Gasteiger partial charge in [-0.1, -0.05) is 24.3 Å². The molecule has 0 aliphatic heterocycles. The van der Waals surface area contributed by atoms with E-state index in [2.05, 4.69) is 20.0 Å². The summed E-state index contributed by atoms with van der Waals surface area (Å²) in [6.07, 6.45) is -1.21. The summed E-state index contributed by atoms with van der Waals surface area (Å²) in [7, 11) is 0. The monoisotopic (exact) mass is 474 g/mol. The topological polar surface area (TPSA) is 86.1 Å². The summed E-state index contributed by atoms with van der Waals surface area (Å²) in [5, 5.41) is 3.59. The van der Waals surface area contributed by atoms with E-state index in [0.29, 0.717) is 22.5 Å². The first-order valence-electron chi connectivity index (χ1n) is 9.80. The van der Waals surface area contributed by atoms with Gasteiger partial charge in [0.1, 0.15) is 5.75 Å². The lowest BCUT2D eigenvalue weighted by molar-refractivity contribution is -0.274. The van der Waals surface area contributed by atoms with Gasteiger partial charge >= 0.3 is 6.36 Å². The van der Waals surface area contributed by atoms with E-state index in [1.54, 1.807) is 30.5 Å². The lowest BCUT2D eigenvalue weighted by Gasteiger charge is -2.08. The summed E-state index contributed by atoms with van der Waals surface area (Å²) in [5.74, 6) is -0.589. The second-order valence-electron chi connectivity index (χ2n) is 7.06. The van der Waals surface area contributed by atoms with Crippen molar-refractivity contribution in [1.29, 1.82) is 0 Å². The van der Waals surface area contributed by atoms with Gasteiger partial charge in [0.25, 0.3) is 5.56 Å². The zero-order valence-electron chi connectivity index (χ0n) is 17.0. The second kappa shape index (κ2) is 9.41. The van der Waals surface area contributed by atoms with E-state index < -0.39 is 6.36 Å². The first-order chi connectivity index (χ1) is 15.8. The van der Waals surface area contributed by atoms with Gasteiger partial charge in [0.2, 0.25) is 5.91 Å². The number of fused-ring (bicyclic) bond motifs is 1. The molecule has 1 amide bonds. The molecule has 0 radical (unpaired) electrons. The summed E-state index contributed by atoms with van der Waals surface area (Å²) >= 11 is 1.26. The number of hydrogen-bond acceptors (Lipinski definition) is 6. The molecule has 0 aliphatic rings. The van der Waals surface area contributed by atoms with Crippen LogP contribution in [0.2, 0.25) is 0 Å². The van der Waals surface area contributed by atoms with Crippen LogP contribution in [-0.4, -0.2) is 26.8 Å². The number of anilines is 1. The minimum Gasteiger partial charge on any atom is -0.406 e. The van der Waals surface area contributed by atoms with E-state index >= 15 is 0 Å². The zero-order chi connectivity index (χ0) is 23.4. The maximum atomic E-state index is 12.5. The van der Waals surface area contributed by atoms with Gasteiger partial charge in [-0.2, -0.15) is 0 Å². The molecule has 170 valence electrons. The molecule has 4 rings (SSSR count). The van der Waals surface area contributed by atoms with Gasteiger partial charge in [0.15, 0.2) is 5.13 Å². The number of carbonyl (C=O) groups excluding carboxylic acids is 1. The van der Waals surface area contributed by atoms with Gasteiger partial charge in [-0.15, -0.1) is 24.5 Å². The van der Waals surface area contributed by atoms with E-state index in [4.69, 9.17) is 0 Å². The average Bonchev–Trinajstić information content (AvgIpc) is 3.20. The van der Waals surface area contributed by atoms with E-state index in [9.17, 15) is 22.8 Å². The van der Waals surface area contributed by atoms with Crippen LogP contribution in [0.1, 0.15) is 16.9 Å². The predicted molar refractivity (Wildman–Crippen MR) is 117 cm³/mol. The normalized spacial score (nSPS) is 11.5. The van der Waals surface area contributed by atoms with Crippen molar-refractivity contribution in [1.82, 2.24) is 14.5 Å². The third-order valence-corrected chi connectivity index (χ3v) is 5.56. The molecule has 0 bridgehead atoms. The summed E-state index contributed by atoms with van der Waals surface area (Å²) in [6.45, 7) is 0.174. The molecule has 0 saturated carbocycles. The third-order valence-electron chi connectivity index (χ3n) is 4.65. The molecule has 4 aromatic rings. The molecule has 0 saturated heterocycles. The number of amides is 1. The summed E-state index contributed by atoms with van der Waals surface area (Å²) in [6, 6.07) is 12.6. The van der Waals surface area contributed by atoms with E-state index in [1.807, 2.05) is 0 Å². The molecule has 0 unspecified atom stereocenters. The highest BCUT2D eigenvalue weighted by Gasteiger charge is 2.30. The van der Waals surface area contributed by atoms with Gasteiger partial charge in [0.05, 0.1) is 17.2 Å². The van der Waals surface area contributed by atoms with Crippen LogP contribution in [0, 0.1) is 0 Å². The predicted octanol–water partition coefficient (Wildman–Crippen LogP) is 4.37. The van der Waals surface area contributed by atoms with Crippen molar-refractivity contribution in [2.24, 2.45) is 0 Å². The lowest BCUT2D eigenvalue weighted by Crippen LogP contribution is -2.23. The Bertz CT molecular complexity index is 1330. The van der Waals surface area contributed by atoms with Crippen molar-refractivity contribution in [3.63, 3.8) is 0 Å². The highest BCUT2D eigenvalue weighted by molar-refractivity contribution is 7.15. The van der Waals surface area contributed by atoms with E-state index in [0.717, 1.165) is 10.4 Å². The van der Waals surface area contributed by atoms with E-state index in [1.165, 1.54) is 46.5 Å². The standard InChI is InChI=1S/C22H17F3N4O3S/c23-22(24,25)32-15-7-5-14(6-8-15)11-16-12-26-21(33-16)28-19(30)9-10-29-13-27-18-4-2-1-3-17(18)20(29)31/h1-8,12-13H,9-11H2,(H,26,28,30). The quantitative estimate of drug-likeness (QED) is 0.430. The van der Waals surface area contributed by atoms with Crippen molar-refractivity contribution in [3.05, 3.63) is 81.8 Å². The van der Waals surface area contributed by atoms with Crippen molar-refractivity contribution >= 4 is 33.3 Å². The number of alkyl halides is 3. The number of benzene rings is 2. The van der Waals surface area contributed by atoms with Crippen molar-refractivity contribution < 1.29 is 22.7 Å². The molecule has 0 spiro atoms. The van der Waals surface area contributed by atoms with Crippen molar-refractivity contribution in [3.8, 4) is 5.75 Å². The summed E-state index contributed by atoms with van der Waals surface area (Å²) in [5.41, 5.74) is 1.16. The molecule has 1 N–H and O–H groups in total. The van der Waals surface area contributed by atoms with Crippen LogP contribution in [0.25, 0.3) is 10.9 Å². The molecule has 11 heteroatoms. The van der Waals surface area contributed by atoms with Crippen molar-refractivity contribution in [2.75, 3.05) is 5.32 Å². The summed E-state index contributed by atoms with van der Waals surface area (Å²) < 4.78 is 42.0. The lowest BCUT2D eigenvalue weighted by atomic mass is 10.1. The number of aryl methyl sites for hydroxylation is 1. The first-order valence-corrected chi connectivity index (χ1v) is 10.6. The van der Waals surface area contributed by atoms with Gasteiger partial charge in [-0.05, 0) is 29.8 Å². The Kier molecular flexibility index (Phi) is 6.40. The number of aromatic nitrogens is 3. The van der Waals surface area contributed by atoms with Gasteiger partial charge < -0.3 is 10.1 Å². The van der Waals surface area contributed by atoms with Crippen molar-refractivity contribution in [2.45, 2.75) is 25.7 Å². The fraction of sp³-hybridized carbons (Fsp3) is 0.182. The molecule has 2 heterocycles. The Morgan fingerprint density at radius 3 is 2.61 bits per heavy atom. The maximum absolute atomic E-state index is 12.5. The van der Waals surface area contributed by atoms with Gasteiger partial charge in [-0.25, -0.2) is 9.97 Å². The van der Waals surface area contributed by atoms with Crippen LogP contribution < -0.4 is 15.6 Å². The Morgan fingerprint density at radius 2 is 1.85 bits per heavy atom. The largest absolute Gasteiger partial charge is 0.573 e. The van der Waals surface area contributed by atoms with Crippen LogP contribution in [0.4, 0.5) is 18.3 Å². The zero-order valence-corrected chi connectivity index (χ0v) is 17.8. The minimum absolute atomic E-state index is 0.0650. The number of thiazole rings is 1. The van der Waals surface area contributed by atoms with Crippen LogP contribution >= 0.6 is 11.3 Å². The Labute approximate surface area is 189 Å². The molecule has 0 fully saturated rings. The minimum atomic E-state index is -4.73. The molecular formula is C22H17F3N4O3S. The molecular weight excluding hydrogens is 457 g/mol. The number of nitrogens with one attached hydrogen (secondary N) is 1. The molecule has 0 atom stereocenters. The van der Waals surface area contributed by atoms with Crippen LogP contribution in [-0.2, 0) is 17.8 Å². The molecule has 7 nitrogen and oxygen atoms in total. The number of nitrogens with zero attached hydrogens (tertiary/aromatic N) is 3. The average molecular weight is 474 g/mol. The van der Waals surface area contributed by atoms with Crippen LogP contribution in [0.3, 0.4) is 0 Å². The molecule has 0 aliphatic carbocycles. The SMILES string of the molecule is O=C(CCn1cnc2ccccc2c1=O)Nc1ncc(Cc2ccc(OC(F)(F)F)cc2)s1. The Morgan fingerprint density at radius 1 is 1.09 bits per heavy atom. The maximum Gasteiger partial charge on any atom is 0.573 e. The number of rotatable bonds is 7.